The first-order valence-corrected chi connectivity index (χ1v) is 6.82. The number of ether oxygens (including phenoxy) is 1. The summed E-state index contributed by atoms with van der Waals surface area (Å²) in [4.78, 5) is 6.77. The Bertz CT molecular complexity index is 441. The predicted molar refractivity (Wildman–Crippen MR) is 69.9 cm³/mol. The minimum Gasteiger partial charge on any atom is -0.390 e. The van der Waals surface area contributed by atoms with Gasteiger partial charge in [0, 0.05) is 6.54 Å². The van der Waals surface area contributed by atoms with Gasteiger partial charge in [-0.25, -0.2) is 4.98 Å². The Morgan fingerprint density at radius 2 is 2.33 bits per heavy atom. The number of aliphatic hydroxyl groups is 1. The van der Waals surface area contributed by atoms with Crippen LogP contribution in [0.3, 0.4) is 0 Å². The van der Waals surface area contributed by atoms with Crippen LogP contribution in [0.25, 0.3) is 0 Å². The number of hydrogen-bond donors (Lipinski definition) is 1. The summed E-state index contributed by atoms with van der Waals surface area (Å²) in [7, 11) is 0. The number of aliphatic hydroxyl groups excluding tert-OH is 1. The number of halogens is 1. The molecule has 2 aliphatic rings. The summed E-state index contributed by atoms with van der Waals surface area (Å²) in [6, 6.07) is 4.18. The van der Waals surface area contributed by atoms with Gasteiger partial charge in [0.05, 0.1) is 36.1 Å². The van der Waals surface area contributed by atoms with Crippen molar-refractivity contribution in [2.75, 3.05) is 18.1 Å². The number of morpholine rings is 1. The van der Waals surface area contributed by atoms with Crippen molar-refractivity contribution >= 4 is 17.4 Å². The highest BCUT2D eigenvalue weighted by atomic mass is 35.5. The molecule has 1 aliphatic heterocycles. The standard InChI is InChI=1S/C13H17ClN2O2/c14-9-4-5-13(15-10(9)8-17)16-6-7-18-12-3-1-2-11(12)16/h4-5,11-12,17H,1-3,6-8H2. The largest absolute Gasteiger partial charge is 0.390 e. The zero-order valence-corrected chi connectivity index (χ0v) is 10.9. The van der Waals surface area contributed by atoms with Gasteiger partial charge >= 0.3 is 0 Å². The molecule has 0 spiro atoms. The van der Waals surface area contributed by atoms with Crippen LogP contribution in [0.2, 0.25) is 5.02 Å². The first kappa shape index (κ1) is 12.2. The second kappa shape index (κ2) is 5.03. The van der Waals surface area contributed by atoms with Crippen LogP contribution in [0.15, 0.2) is 12.1 Å². The normalized spacial score (nSPS) is 27.3. The van der Waals surface area contributed by atoms with E-state index in [1.165, 1.54) is 6.42 Å². The molecule has 2 heterocycles. The van der Waals surface area contributed by atoms with Crippen LogP contribution in [-0.2, 0) is 11.3 Å². The van der Waals surface area contributed by atoms with Crippen molar-refractivity contribution in [3.8, 4) is 0 Å². The first-order valence-electron chi connectivity index (χ1n) is 6.44. The molecular weight excluding hydrogens is 252 g/mol. The van der Waals surface area contributed by atoms with E-state index in [9.17, 15) is 5.11 Å². The zero-order chi connectivity index (χ0) is 12.5. The van der Waals surface area contributed by atoms with Crippen LogP contribution >= 0.6 is 11.6 Å². The Balaban J connectivity index is 1.89. The Kier molecular flexibility index (Phi) is 3.41. The molecule has 0 aromatic carbocycles. The molecule has 0 radical (unpaired) electrons. The van der Waals surface area contributed by atoms with E-state index < -0.39 is 0 Å². The zero-order valence-electron chi connectivity index (χ0n) is 10.2. The number of fused-ring (bicyclic) bond motifs is 1. The first-order chi connectivity index (χ1) is 8.79. The van der Waals surface area contributed by atoms with Gasteiger partial charge in [0.15, 0.2) is 0 Å². The maximum Gasteiger partial charge on any atom is 0.129 e. The molecule has 2 atom stereocenters. The van der Waals surface area contributed by atoms with E-state index >= 15 is 0 Å². The molecule has 0 amide bonds. The topological polar surface area (TPSA) is 45.6 Å². The fraction of sp³-hybridized carbons (Fsp3) is 0.615. The van der Waals surface area contributed by atoms with E-state index in [0.717, 1.165) is 31.8 Å². The monoisotopic (exact) mass is 268 g/mol. The number of rotatable bonds is 2. The lowest BCUT2D eigenvalue weighted by molar-refractivity contribution is 0.0253. The Morgan fingerprint density at radius 1 is 1.44 bits per heavy atom. The third-order valence-corrected chi connectivity index (χ3v) is 4.17. The SMILES string of the molecule is OCc1nc(N2CCOC3CCCC32)ccc1Cl. The fourth-order valence-corrected chi connectivity index (χ4v) is 3.12. The molecule has 1 aromatic heterocycles. The van der Waals surface area contributed by atoms with Gasteiger partial charge in [0.25, 0.3) is 0 Å². The minimum absolute atomic E-state index is 0.120. The summed E-state index contributed by atoms with van der Waals surface area (Å²) in [5, 5.41) is 9.76. The summed E-state index contributed by atoms with van der Waals surface area (Å²) in [5.74, 6) is 0.906. The fourth-order valence-electron chi connectivity index (χ4n) is 2.95. The summed E-state index contributed by atoms with van der Waals surface area (Å²) in [5.41, 5.74) is 0.551. The Morgan fingerprint density at radius 3 is 3.17 bits per heavy atom. The summed E-state index contributed by atoms with van der Waals surface area (Å²) < 4.78 is 5.79. The van der Waals surface area contributed by atoms with E-state index in [1.807, 2.05) is 12.1 Å². The highest BCUT2D eigenvalue weighted by Crippen LogP contribution is 2.33. The minimum atomic E-state index is -0.120. The van der Waals surface area contributed by atoms with Gasteiger partial charge in [0.2, 0.25) is 0 Å². The van der Waals surface area contributed by atoms with Crippen molar-refractivity contribution in [2.24, 2.45) is 0 Å². The molecule has 0 bridgehead atoms. The maximum atomic E-state index is 9.24. The molecule has 1 saturated carbocycles. The lowest BCUT2D eigenvalue weighted by atomic mass is 10.1. The predicted octanol–water partition coefficient (Wildman–Crippen LogP) is 1.98. The molecule has 18 heavy (non-hydrogen) atoms. The summed E-state index contributed by atoms with van der Waals surface area (Å²) in [6.07, 6.45) is 3.85. The third-order valence-electron chi connectivity index (χ3n) is 3.83. The molecular formula is C13H17ClN2O2. The lowest BCUT2D eigenvalue weighted by Gasteiger charge is -2.38. The molecule has 1 N–H and O–H groups in total. The number of aromatic nitrogens is 1. The molecule has 3 rings (SSSR count). The molecule has 1 aliphatic carbocycles. The van der Waals surface area contributed by atoms with E-state index in [-0.39, 0.29) is 6.61 Å². The summed E-state index contributed by atoms with van der Waals surface area (Å²) >= 11 is 5.98. The second-order valence-electron chi connectivity index (χ2n) is 4.86. The van der Waals surface area contributed by atoms with Gasteiger partial charge in [0.1, 0.15) is 5.82 Å². The highest BCUT2D eigenvalue weighted by Gasteiger charge is 2.36. The second-order valence-corrected chi connectivity index (χ2v) is 5.26. The molecule has 4 nitrogen and oxygen atoms in total. The molecule has 2 unspecified atom stereocenters. The third kappa shape index (κ3) is 2.09. The Hall–Kier alpha value is -0.840. The molecule has 1 saturated heterocycles. The molecule has 2 fully saturated rings. The van der Waals surface area contributed by atoms with Crippen LogP contribution < -0.4 is 4.90 Å². The summed E-state index contributed by atoms with van der Waals surface area (Å²) in [6.45, 7) is 1.49. The van der Waals surface area contributed by atoms with Crippen LogP contribution in [0.5, 0.6) is 0 Å². The molecule has 98 valence electrons. The van der Waals surface area contributed by atoms with Crippen molar-refractivity contribution in [3.63, 3.8) is 0 Å². The average Bonchev–Trinajstić information content (AvgIpc) is 2.87. The van der Waals surface area contributed by atoms with Gasteiger partial charge in [-0.05, 0) is 31.4 Å². The van der Waals surface area contributed by atoms with Crippen molar-refractivity contribution in [2.45, 2.75) is 38.0 Å². The van der Waals surface area contributed by atoms with Crippen molar-refractivity contribution in [3.05, 3.63) is 22.8 Å². The highest BCUT2D eigenvalue weighted by molar-refractivity contribution is 6.31. The van der Waals surface area contributed by atoms with Crippen LogP contribution in [0.1, 0.15) is 25.0 Å². The maximum absolute atomic E-state index is 9.24. The van der Waals surface area contributed by atoms with E-state index in [2.05, 4.69) is 9.88 Å². The van der Waals surface area contributed by atoms with E-state index in [1.54, 1.807) is 0 Å². The Labute approximate surface area is 112 Å². The van der Waals surface area contributed by atoms with Crippen molar-refractivity contribution in [1.29, 1.82) is 0 Å². The number of nitrogens with zero attached hydrogens (tertiary/aromatic N) is 2. The van der Waals surface area contributed by atoms with E-state index in [4.69, 9.17) is 16.3 Å². The average molecular weight is 269 g/mol. The van der Waals surface area contributed by atoms with Crippen LogP contribution in [-0.4, -0.2) is 35.4 Å². The van der Waals surface area contributed by atoms with E-state index in [0.29, 0.717) is 22.9 Å². The van der Waals surface area contributed by atoms with Crippen molar-refractivity contribution < 1.29 is 9.84 Å². The molecule has 1 aromatic rings. The lowest BCUT2D eigenvalue weighted by Crippen LogP contribution is -2.49. The van der Waals surface area contributed by atoms with Gasteiger partial charge < -0.3 is 14.7 Å². The smallest absolute Gasteiger partial charge is 0.129 e. The quantitative estimate of drug-likeness (QED) is 0.891. The van der Waals surface area contributed by atoms with Crippen LogP contribution in [0.4, 0.5) is 5.82 Å². The van der Waals surface area contributed by atoms with Gasteiger partial charge in [-0.15, -0.1) is 0 Å². The van der Waals surface area contributed by atoms with Gasteiger partial charge in [-0.1, -0.05) is 11.6 Å². The number of anilines is 1. The number of pyridine rings is 1. The number of hydrogen-bond acceptors (Lipinski definition) is 4. The van der Waals surface area contributed by atoms with Gasteiger partial charge in [-0.2, -0.15) is 0 Å². The molecule has 5 heteroatoms. The van der Waals surface area contributed by atoms with Crippen molar-refractivity contribution in [1.82, 2.24) is 4.98 Å². The van der Waals surface area contributed by atoms with Crippen LogP contribution in [0, 0.1) is 0 Å². The van der Waals surface area contributed by atoms with Gasteiger partial charge in [-0.3, -0.25) is 0 Å².